The van der Waals surface area contributed by atoms with E-state index in [4.69, 9.17) is 0 Å². The maximum atomic E-state index is 13.0. The molecule has 2 aromatic carbocycles. The van der Waals surface area contributed by atoms with Gasteiger partial charge in [0.15, 0.2) is 0 Å². The summed E-state index contributed by atoms with van der Waals surface area (Å²) in [6.07, 6.45) is 2.45. The Morgan fingerprint density at radius 1 is 1.07 bits per heavy atom. The molecular formula is C23H25N3OS. The minimum absolute atomic E-state index is 0.0941. The maximum Gasteiger partial charge on any atom is 0.271 e. The normalized spacial score (nSPS) is 15.5. The van der Waals surface area contributed by atoms with Gasteiger partial charge in [-0.3, -0.25) is 9.69 Å². The van der Waals surface area contributed by atoms with Crippen LogP contribution >= 0.6 is 11.3 Å². The number of nitrogens with one attached hydrogen (secondary N) is 1. The fourth-order valence-electron chi connectivity index (χ4n) is 3.83. The third kappa shape index (κ3) is 4.16. The van der Waals surface area contributed by atoms with Gasteiger partial charge in [0.25, 0.3) is 5.91 Å². The van der Waals surface area contributed by atoms with E-state index in [1.807, 2.05) is 43.3 Å². The predicted octanol–water partition coefficient (Wildman–Crippen LogP) is 4.69. The van der Waals surface area contributed by atoms with Crippen molar-refractivity contribution in [3.05, 3.63) is 76.9 Å². The Kier molecular flexibility index (Phi) is 5.84. The number of aromatic nitrogens is 1. The Hall–Kier alpha value is -2.50. The Balaban J connectivity index is 1.53. The Morgan fingerprint density at radius 2 is 1.71 bits per heavy atom. The van der Waals surface area contributed by atoms with Gasteiger partial charge in [-0.05, 0) is 44.0 Å². The number of thiazole rings is 1. The van der Waals surface area contributed by atoms with E-state index in [9.17, 15) is 4.79 Å². The average Bonchev–Trinajstić information content (AvgIpc) is 3.39. The van der Waals surface area contributed by atoms with Crippen LogP contribution in [0.1, 0.15) is 39.9 Å². The van der Waals surface area contributed by atoms with E-state index in [1.54, 1.807) is 11.3 Å². The second kappa shape index (κ2) is 8.67. The molecule has 4 nitrogen and oxygen atoms in total. The summed E-state index contributed by atoms with van der Waals surface area (Å²) in [4.78, 5) is 21.0. The van der Waals surface area contributed by atoms with Crippen molar-refractivity contribution in [1.29, 1.82) is 0 Å². The lowest BCUT2D eigenvalue weighted by molar-refractivity contribution is 0.0934. The summed E-state index contributed by atoms with van der Waals surface area (Å²) in [6.45, 7) is 4.71. The monoisotopic (exact) mass is 391 g/mol. The molecule has 2 heterocycles. The van der Waals surface area contributed by atoms with E-state index in [1.165, 1.54) is 18.4 Å². The lowest BCUT2D eigenvalue weighted by Crippen LogP contribution is -2.37. The number of carbonyl (C=O) groups is 1. The van der Waals surface area contributed by atoms with Crippen molar-refractivity contribution in [3.63, 3.8) is 0 Å². The van der Waals surface area contributed by atoms with Gasteiger partial charge in [-0.15, -0.1) is 11.3 Å². The van der Waals surface area contributed by atoms with Crippen LogP contribution in [0.4, 0.5) is 0 Å². The van der Waals surface area contributed by atoms with Crippen LogP contribution in [0.5, 0.6) is 0 Å². The summed E-state index contributed by atoms with van der Waals surface area (Å²) >= 11 is 1.57. The molecule has 4 rings (SSSR count). The number of rotatable bonds is 6. The van der Waals surface area contributed by atoms with E-state index < -0.39 is 0 Å². The van der Waals surface area contributed by atoms with Crippen molar-refractivity contribution in [1.82, 2.24) is 15.2 Å². The zero-order chi connectivity index (χ0) is 19.3. The van der Waals surface area contributed by atoms with Gasteiger partial charge in [0.2, 0.25) is 0 Å². The Bertz CT molecular complexity index is 918. The lowest BCUT2D eigenvalue weighted by atomic mass is 10.1. The Labute approximate surface area is 170 Å². The van der Waals surface area contributed by atoms with Crippen LogP contribution in [-0.2, 0) is 0 Å². The fraction of sp³-hybridized carbons (Fsp3) is 0.304. The molecule has 1 saturated heterocycles. The quantitative estimate of drug-likeness (QED) is 0.663. The van der Waals surface area contributed by atoms with Gasteiger partial charge in [0.05, 0.1) is 15.9 Å². The van der Waals surface area contributed by atoms with Gasteiger partial charge in [-0.1, -0.05) is 60.7 Å². The molecule has 144 valence electrons. The van der Waals surface area contributed by atoms with E-state index in [0.29, 0.717) is 12.2 Å². The molecule has 1 unspecified atom stereocenters. The number of likely N-dealkylation sites (tertiary alicyclic amines) is 1. The van der Waals surface area contributed by atoms with Crippen LogP contribution < -0.4 is 5.32 Å². The molecule has 1 amide bonds. The average molecular weight is 392 g/mol. The van der Waals surface area contributed by atoms with E-state index >= 15 is 0 Å². The van der Waals surface area contributed by atoms with Crippen molar-refractivity contribution in [2.45, 2.75) is 25.8 Å². The first kappa shape index (κ1) is 18.8. The summed E-state index contributed by atoms with van der Waals surface area (Å²) in [5, 5.41) is 4.07. The van der Waals surface area contributed by atoms with Gasteiger partial charge < -0.3 is 5.32 Å². The molecule has 1 aromatic heterocycles. The van der Waals surface area contributed by atoms with Crippen LogP contribution in [0.3, 0.4) is 0 Å². The van der Waals surface area contributed by atoms with Crippen molar-refractivity contribution in [3.8, 4) is 10.4 Å². The van der Waals surface area contributed by atoms with E-state index in [2.05, 4.69) is 39.5 Å². The van der Waals surface area contributed by atoms with Gasteiger partial charge in [0, 0.05) is 6.54 Å². The first-order valence-electron chi connectivity index (χ1n) is 9.82. The van der Waals surface area contributed by atoms with Crippen LogP contribution in [0, 0.1) is 6.92 Å². The van der Waals surface area contributed by atoms with Crippen molar-refractivity contribution in [2.24, 2.45) is 0 Å². The number of carbonyl (C=O) groups excluding carboxylic acids is 1. The third-order valence-electron chi connectivity index (χ3n) is 5.21. The van der Waals surface area contributed by atoms with Crippen LogP contribution in [-0.4, -0.2) is 35.4 Å². The first-order valence-corrected chi connectivity index (χ1v) is 10.6. The van der Waals surface area contributed by atoms with E-state index in [-0.39, 0.29) is 11.9 Å². The number of hydrogen-bond acceptors (Lipinski definition) is 4. The standard InChI is InChI=1S/C23H25N3OS/c1-17-25-21(22(28-17)19-12-6-3-7-13-19)23(27)24-16-20(26-14-8-9-15-26)18-10-4-2-5-11-18/h2-7,10-13,20H,8-9,14-16H2,1H3,(H,24,27). The van der Waals surface area contributed by atoms with Crippen molar-refractivity contribution in [2.75, 3.05) is 19.6 Å². The summed E-state index contributed by atoms with van der Waals surface area (Å²) in [5.74, 6) is -0.0941. The largest absolute Gasteiger partial charge is 0.349 e. The number of aryl methyl sites for hydroxylation is 1. The molecule has 0 aliphatic carbocycles. The second-order valence-corrected chi connectivity index (χ2v) is 8.36. The minimum Gasteiger partial charge on any atom is -0.349 e. The SMILES string of the molecule is Cc1nc(C(=O)NCC(c2ccccc2)N2CCCC2)c(-c2ccccc2)s1. The first-order chi connectivity index (χ1) is 13.7. The number of benzene rings is 2. The highest BCUT2D eigenvalue weighted by Crippen LogP contribution is 2.30. The topological polar surface area (TPSA) is 45.2 Å². The molecule has 28 heavy (non-hydrogen) atoms. The van der Waals surface area contributed by atoms with Crippen LogP contribution in [0.25, 0.3) is 10.4 Å². The highest BCUT2D eigenvalue weighted by atomic mass is 32.1. The van der Waals surface area contributed by atoms with Gasteiger partial charge in [0.1, 0.15) is 5.69 Å². The lowest BCUT2D eigenvalue weighted by Gasteiger charge is -2.28. The number of hydrogen-bond donors (Lipinski definition) is 1. The summed E-state index contributed by atoms with van der Waals surface area (Å²) < 4.78 is 0. The second-order valence-electron chi connectivity index (χ2n) is 7.16. The molecule has 1 N–H and O–H groups in total. The predicted molar refractivity (Wildman–Crippen MR) is 115 cm³/mol. The van der Waals surface area contributed by atoms with Gasteiger partial charge in [-0.2, -0.15) is 0 Å². The molecule has 0 radical (unpaired) electrons. The Morgan fingerprint density at radius 3 is 2.39 bits per heavy atom. The summed E-state index contributed by atoms with van der Waals surface area (Å²) in [6, 6.07) is 20.7. The molecule has 1 aliphatic rings. The highest BCUT2D eigenvalue weighted by Gasteiger charge is 2.25. The molecule has 3 aromatic rings. The van der Waals surface area contributed by atoms with Crippen molar-refractivity contribution >= 4 is 17.2 Å². The molecular weight excluding hydrogens is 366 g/mol. The number of amides is 1. The summed E-state index contributed by atoms with van der Waals surface area (Å²) in [5.41, 5.74) is 2.82. The molecule has 0 bridgehead atoms. The fourth-order valence-corrected chi connectivity index (χ4v) is 4.75. The van der Waals surface area contributed by atoms with Crippen LogP contribution in [0.2, 0.25) is 0 Å². The smallest absolute Gasteiger partial charge is 0.271 e. The molecule has 0 saturated carbocycles. The zero-order valence-electron chi connectivity index (χ0n) is 16.1. The third-order valence-corrected chi connectivity index (χ3v) is 6.23. The van der Waals surface area contributed by atoms with Gasteiger partial charge >= 0.3 is 0 Å². The number of nitrogens with zero attached hydrogens (tertiary/aromatic N) is 2. The van der Waals surface area contributed by atoms with E-state index in [0.717, 1.165) is 28.5 Å². The van der Waals surface area contributed by atoms with Gasteiger partial charge in [-0.25, -0.2) is 4.98 Å². The molecule has 1 aliphatic heterocycles. The molecule has 1 atom stereocenters. The molecule has 5 heteroatoms. The highest BCUT2D eigenvalue weighted by molar-refractivity contribution is 7.15. The molecule has 1 fully saturated rings. The zero-order valence-corrected chi connectivity index (χ0v) is 16.9. The van der Waals surface area contributed by atoms with Crippen molar-refractivity contribution < 1.29 is 4.79 Å². The molecule has 0 spiro atoms. The maximum absolute atomic E-state index is 13.0. The summed E-state index contributed by atoms with van der Waals surface area (Å²) in [7, 11) is 0. The van der Waals surface area contributed by atoms with Crippen LogP contribution in [0.15, 0.2) is 60.7 Å². The minimum atomic E-state index is -0.0941.